The molecule has 8 heteroatoms. The van der Waals surface area contributed by atoms with Gasteiger partial charge >= 0.3 is 0 Å². The van der Waals surface area contributed by atoms with Crippen LogP contribution in [0.5, 0.6) is 17.2 Å². The average Bonchev–Trinajstić information content (AvgIpc) is 3.14. The molecule has 1 heterocycles. The van der Waals surface area contributed by atoms with Gasteiger partial charge < -0.3 is 24.2 Å². The van der Waals surface area contributed by atoms with Crippen LogP contribution in [0.4, 0.5) is 0 Å². The fourth-order valence-electron chi connectivity index (χ4n) is 4.32. The number of nitrogens with zero attached hydrogens (tertiary/aromatic N) is 1. The lowest BCUT2D eigenvalue weighted by atomic mass is 9.95. The number of hydrogen-bond acceptors (Lipinski definition) is 6. The van der Waals surface area contributed by atoms with Gasteiger partial charge in [-0.3, -0.25) is 9.59 Å². The molecule has 0 aromatic heterocycles. The van der Waals surface area contributed by atoms with Crippen molar-refractivity contribution in [3.05, 3.63) is 94.0 Å². The molecule has 0 bridgehead atoms. The Morgan fingerprint density at radius 3 is 2.42 bits per heavy atom. The lowest BCUT2D eigenvalue weighted by molar-refractivity contribution is -0.140. The Balaban J connectivity index is 1.88. The number of aliphatic hydroxyl groups excluding tert-OH is 1. The highest BCUT2D eigenvalue weighted by Gasteiger charge is 2.46. The average molecular weight is 508 g/mol. The molecule has 3 aromatic carbocycles. The fraction of sp³-hybridized carbons (Fsp3) is 0.214. The Hall–Kier alpha value is -3.97. The van der Waals surface area contributed by atoms with Gasteiger partial charge in [0.15, 0.2) is 0 Å². The van der Waals surface area contributed by atoms with Crippen molar-refractivity contribution in [3.8, 4) is 17.2 Å². The lowest BCUT2D eigenvalue weighted by Crippen LogP contribution is -2.29. The molecule has 1 aliphatic heterocycles. The third kappa shape index (κ3) is 4.75. The fourth-order valence-corrected chi connectivity index (χ4v) is 4.57. The summed E-state index contributed by atoms with van der Waals surface area (Å²) >= 11 is 6.27. The predicted octanol–water partition coefficient (Wildman–Crippen LogP) is 5.38. The molecule has 0 aliphatic carbocycles. The summed E-state index contributed by atoms with van der Waals surface area (Å²) in [4.78, 5) is 28.1. The van der Waals surface area contributed by atoms with Crippen molar-refractivity contribution >= 4 is 29.1 Å². The summed E-state index contributed by atoms with van der Waals surface area (Å²) in [6.45, 7) is 2.42. The van der Waals surface area contributed by atoms with Crippen molar-refractivity contribution in [1.82, 2.24) is 4.90 Å². The predicted molar refractivity (Wildman–Crippen MR) is 136 cm³/mol. The first-order valence-corrected chi connectivity index (χ1v) is 11.7. The second kappa shape index (κ2) is 10.7. The molecular weight excluding hydrogens is 482 g/mol. The molecule has 1 aliphatic rings. The SMILES string of the molecule is CCOc1cccc(C2/C(=C(\O)c3ccc(OC)c(Cl)c3)C(=O)C(=O)N2Cc2ccccc2OC)c1. The summed E-state index contributed by atoms with van der Waals surface area (Å²) in [7, 11) is 3.03. The lowest BCUT2D eigenvalue weighted by Gasteiger charge is -2.26. The van der Waals surface area contributed by atoms with Crippen LogP contribution >= 0.6 is 11.6 Å². The van der Waals surface area contributed by atoms with Crippen LogP contribution in [0.2, 0.25) is 5.02 Å². The van der Waals surface area contributed by atoms with Gasteiger partial charge in [0, 0.05) is 11.1 Å². The number of aliphatic hydroxyl groups is 1. The summed E-state index contributed by atoms with van der Waals surface area (Å²) in [6.07, 6.45) is 0. The van der Waals surface area contributed by atoms with Gasteiger partial charge in [-0.25, -0.2) is 0 Å². The number of ketones is 1. The van der Waals surface area contributed by atoms with Gasteiger partial charge in [0.1, 0.15) is 23.0 Å². The minimum Gasteiger partial charge on any atom is -0.507 e. The van der Waals surface area contributed by atoms with Gasteiger partial charge in [0.2, 0.25) is 0 Å². The molecule has 1 atom stereocenters. The van der Waals surface area contributed by atoms with Gasteiger partial charge in [-0.2, -0.15) is 0 Å². The van der Waals surface area contributed by atoms with Crippen LogP contribution < -0.4 is 14.2 Å². The number of Topliss-reactive ketones (excluding diaryl/α,β-unsaturated/α-hetero) is 1. The molecule has 7 nitrogen and oxygen atoms in total. The van der Waals surface area contributed by atoms with Gasteiger partial charge in [-0.15, -0.1) is 0 Å². The summed E-state index contributed by atoms with van der Waals surface area (Å²) in [5.74, 6) is -0.249. The molecule has 1 unspecified atom stereocenters. The molecule has 36 heavy (non-hydrogen) atoms. The number of para-hydroxylation sites is 1. The van der Waals surface area contributed by atoms with Crippen LogP contribution in [0.15, 0.2) is 72.3 Å². The smallest absolute Gasteiger partial charge is 0.295 e. The molecule has 3 aromatic rings. The molecule has 1 saturated heterocycles. The van der Waals surface area contributed by atoms with E-state index in [0.29, 0.717) is 35.0 Å². The van der Waals surface area contributed by atoms with E-state index in [1.54, 1.807) is 49.6 Å². The van der Waals surface area contributed by atoms with Gasteiger partial charge in [-0.05, 0) is 48.9 Å². The monoisotopic (exact) mass is 507 g/mol. The maximum absolute atomic E-state index is 13.3. The van der Waals surface area contributed by atoms with Gasteiger partial charge in [0.25, 0.3) is 11.7 Å². The van der Waals surface area contributed by atoms with Crippen LogP contribution in [-0.4, -0.2) is 42.5 Å². The van der Waals surface area contributed by atoms with Crippen LogP contribution in [0.1, 0.15) is 29.7 Å². The zero-order valence-electron chi connectivity index (χ0n) is 20.2. The van der Waals surface area contributed by atoms with E-state index in [1.807, 2.05) is 25.1 Å². The number of carbonyl (C=O) groups is 2. The molecule has 1 amide bonds. The van der Waals surface area contributed by atoms with Crippen molar-refractivity contribution in [1.29, 1.82) is 0 Å². The molecule has 0 spiro atoms. The zero-order valence-corrected chi connectivity index (χ0v) is 20.9. The number of amides is 1. The Labute approximate surface area is 214 Å². The largest absolute Gasteiger partial charge is 0.507 e. The molecule has 186 valence electrons. The Bertz CT molecular complexity index is 1340. The molecule has 0 saturated carbocycles. The van der Waals surface area contributed by atoms with Crippen LogP contribution in [0, 0.1) is 0 Å². The van der Waals surface area contributed by atoms with Crippen molar-refractivity contribution in [3.63, 3.8) is 0 Å². The van der Waals surface area contributed by atoms with E-state index in [9.17, 15) is 14.7 Å². The van der Waals surface area contributed by atoms with Crippen molar-refractivity contribution in [2.75, 3.05) is 20.8 Å². The van der Waals surface area contributed by atoms with Gasteiger partial charge in [0.05, 0.1) is 44.0 Å². The first-order chi connectivity index (χ1) is 17.4. The second-order valence-corrected chi connectivity index (χ2v) is 8.50. The molecule has 4 rings (SSSR count). The Morgan fingerprint density at radius 1 is 0.972 bits per heavy atom. The van der Waals surface area contributed by atoms with E-state index in [1.165, 1.54) is 18.1 Å². The summed E-state index contributed by atoms with van der Waals surface area (Å²) in [6, 6.07) is 18.2. The van der Waals surface area contributed by atoms with E-state index in [2.05, 4.69) is 0 Å². The zero-order chi connectivity index (χ0) is 25.8. The third-order valence-corrected chi connectivity index (χ3v) is 6.28. The number of halogens is 1. The number of benzene rings is 3. The maximum Gasteiger partial charge on any atom is 0.295 e. The van der Waals surface area contributed by atoms with Crippen LogP contribution in [-0.2, 0) is 16.1 Å². The molecule has 1 N–H and O–H groups in total. The first kappa shape index (κ1) is 25.1. The Morgan fingerprint density at radius 2 is 1.72 bits per heavy atom. The van der Waals surface area contributed by atoms with Crippen molar-refractivity contribution < 1.29 is 28.9 Å². The van der Waals surface area contributed by atoms with E-state index in [-0.39, 0.29) is 22.9 Å². The standard InChI is InChI=1S/C28H26ClNO6/c1-4-36-20-10-7-9-17(14-20)25-24(26(31)18-12-13-23(35-3)21(29)15-18)27(32)28(33)30(25)16-19-8-5-6-11-22(19)34-2/h5-15,25,31H,4,16H2,1-3H3/b26-24+. The third-order valence-electron chi connectivity index (χ3n) is 5.98. The second-order valence-electron chi connectivity index (χ2n) is 8.09. The number of ether oxygens (including phenoxy) is 3. The van der Waals surface area contributed by atoms with E-state index in [0.717, 1.165) is 5.56 Å². The first-order valence-electron chi connectivity index (χ1n) is 11.4. The van der Waals surface area contributed by atoms with E-state index in [4.69, 9.17) is 25.8 Å². The highest BCUT2D eigenvalue weighted by molar-refractivity contribution is 6.46. The van der Waals surface area contributed by atoms with Gasteiger partial charge in [-0.1, -0.05) is 41.9 Å². The molecular formula is C28H26ClNO6. The van der Waals surface area contributed by atoms with Crippen molar-refractivity contribution in [2.45, 2.75) is 19.5 Å². The number of hydrogen-bond donors (Lipinski definition) is 1. The Kier molecular flexibility index (Phi) is 7.50. The minimum absolute atomic E-state index is 0.0372. The number of likely N-dealkylation sites (tertiary alicyclic amines) is 1. The molecule has 0 radical (unpaired) electrons. The van der Waals surface area contributed by atoms with Crippen LogP contribution in [0.25, 0.3) is 5.76 Å². The summed E-state index contributed by atoms with van der Waals surface area (Å²) in [5, 5.41) is 11.6. The van der Waals surface area contributed by atoms with E-state index >= 15 is 0 Å². The topological polar surface area (TPSA) is 85.3 Å². The van der Waals surface area contributed by atoms with E-state index < -0.39 is 17.7 Å². The number of carbonyl (C=O) groups excluding carboxylic acids is 2. The molecule has 1 fully saturated rings. The van der Waals surface area contributed by atoms with Crippen molar-refractivity contribution in [2.24, 2.45) is 0 Å². The highest BCUT2D eigenvalue weighted by Crippen LogP contribution is 2.42. The number of rotatable bonds is 8. The van der Waals surface area contributed by atoms with Crippen LogP contribution in [0.3, 0.4) is 0 Å². The summed E-state index contributed by atoms with van der Waals surface area (Å²) < 4.78 is 16.3. The quantitative estimate of drug-likeness (QED) is 0.250. The highest BCUT2D eigenvalue weighted by atomic mass is 35.5. The maximum atomic E-state index is 13.3. The summed E-state index contributed by atoms with van der Waals surface area (Å²) in [5.41, 5.74) is 1.60. The number of methoxy groups -OCH3 is 2. The minimum atomic E-state index is -0.865. The normalized spacial score (nSPS) is 16.8.